The summed E-state index contributed by atoms with van der Waals surface area (Å²) in [6.07, 6.45) is 0. The number of imide groups is 1. The Labute approximate surface area is 227 Å². The van der Waals surface area contributed by atoms with Gasteiger partial charge in [0.15, 0.2) is 0 Å². The van der Waals surface area contributed by atoms with E-state index in [1.165, 1.54) is 32.6 Å². The monoisotopic (exact) mass is 605 g/mol. The predicted molar refractivity (Wildman–Crippen MR) is 142 cm³/mol. The number of aromatic nitrogens is 1. The van der Waals surface area contributed by atoms with Gasteiger partial charge in [-0.05, 0) is 35.7 Å². The summed E-state index contributed by atoms with van der Waals surface area (Å²) in [6.45, 7) is 1.84. The number of hydrogen-bond donors (Lipinski definition) is 0. The van der Waals surface area contributed by atoms with Crippen LogP contribution in [0.4, 0.5) is 5.69 Å². The van der Waals surface area contributed by atoms with Crippen molar-refractivity contribution in [2.75, 3.05) is 31.2 Å². The van der Waals surface area contributed by atoms with E-state index in [-0.39, 0.29) is 29.1 Å². The highest BCUT2D eigenvalue weighted by Crippen LogP contribution is 2.54. The molecule has 0 radical (unpaired) electrons. The maximum Gasteiger partial charge on any atom is 0.308 e. The Kier molecular flexibility index (Phi) is 6.41. The van der Waals surface area contributed by atoms with Gasteiger partial charge in [-0.15, -0.1) is 11.3 Å². The molecule has 3 amide bonds. The van der Waals surface area contributed by atoms with Gasteiger partial charge in [0.1, 0.15) is 11.8 Å². The number of rotatable bonds is 4. The molecule has 1 aromatic carbocycles. The van der Waals surface area contributed by atoms with Gasteiger partial charge in [-0.2, -0.15) is 0 Å². The lowest BCUT2D eigenvalue weighted by atomic mass is 9.87. The largest absolute Gasteiger partial charge is 0.378 e. The van der Waals surface area contributed by atoms with Gasteiger partial charge in [-0.25, -0.2) is 4.90 Å². The minimum atomic E-state index is -0.681. The smallest absolute Gasteiger partial charge is 0.308 e. The molecule has 3 unspecified atom stereocenters. The number of thioether (sulfide) groups is 1. The van der Waals surface area contributed by atoms with E-state index in [1.807, 2.05) is 17.5 Å². The first-order valence-corrected chi connectivity index (χ1v) is 14.7. The molecule has 2 aromatic heterocycles. The number of nitrogens with zero attached hydrogens (tertiary/aromatic N) is 3. The molecule has 2 saturated heterocycles. The Morgan fingerprint density at radius 2 is 1.81 bits per heavy atom. The van der Waals surface area contributed by atoms with Crippen molar-refractivity contribution in [2.24, 2.45) is 5.92 Å². The van der Waals surface area contributed by atoms with Gasteiger partial charge in [0.25, 0.3) is 0 Å². The molecule has 5 heterocycles. The van der Waals surface area contributed by atoms with Crippen molar-refractivity contribution >= 4 is 73.8 Å². The molecule has 2 fully saturated rings. The number of carbonyl (C=O) groups excluding carboxylic acids is 3. The molecule has 3 atom stereocenters. The minimum absolute atomic E-state index is 0.0925. The quantitative estimate of drug-likeness (QED) is 0.424. The van der Waals surface area contributed by atoms with E-state index in [0.29, 0.717) is 37.0 Å². The number of halogens is 1. The second-order valence-corrected chi connectivity index (χ2v) is 12.7. The van der Waals surface area contributed by atoms with Crippen LogP contribution in [0.25, 0.3) is 0 Å². The van der Waals surface area contributed by atoms with Crippen LogP contribution in [-0.4, -0.2) is 58.7 Å². The van der Waals surface area contributed by atoms with E-state index in [9.17, 15) is 19.2 Å². The summed E-state index contributed by atoms with van der Waals surface area (Å²) in [7, 11) is 0. The number of hydrogen-bond acceptors (Lipinski definition) is 8. The van der Waals surface area contributed by atoms with Gasteiger partial charge in [0.2, 0.25) is 17.7 Å². The first kappa shape index (κ1) is 24.1. The molecule has 0 spiro atoms. The predicted octanol–water partition coefficient (Wildman–Crippen LogP) is 3.39. The molecule has 36 heavy (non-hydrogen) atoms. The van der Waals surface area contributed by atoms with Crippen LogP contribution in [0.1, 0.15) is 15.7 Å². The molecule has 0 N–H and O–H groups in total. The fourth-order valence-electron chi connectivity index (χ4n) is 4.92. The van der Waals surface area contributed by atoms with Gasteiger partial charge in [0.05, 0.1) is 29.8 Å². The Balaban J connectivity index is 1.41. The highest BCUT2D eigenvalue weighted by Gasteiger charge is 2.57. The molecule has 8 nitrogen and oxygen atoms in total. The van der Waals surface area contributed by atoms with E-state index in [1.54, 1.807) is 29.2 Å². The first-order valence-electron chi connectivity index (χ1n) is 11.4. The molecule has 3 aromatic rings. The van der Waals surface area contributed by atoms with Crippen LogP contribution in [0.5, 0.6) is 0 Å². The first-order chi connectivity index (χ1) is 17.4. The summed E-state index contributed by atoms with van der Waals surface area (Å²) >= 11 is 7.22. The summed E-state index contributed by atoms with van der Waals surface area (Å²) in [5.74, 6) is -1.75. The normalized spacial score (nSPS) is 23.6. The molecule has 12 heteroatoms. The SMILES string of the molecule is O=C(Cn1c2c(sc1=O)C(c1cccs1)C1C(=O)N(c3ccc(Br)cc3)C(=O)C1S2)N1CCOCC1. The van der Waals surface area contributed by atoms with Crippen LogP contribution >= 0.6 is 50.4 Å². The molecule has 0 bridgehead atoms. The third-order valence-corrected chi connectivity index (χ3v) is 10.7. The third-order valence-electron chi connectivity index (χ3n) is 6.64. The zero-order chi connectivity index (χ0) is 25.0. The molecule has 6 rings (SSSR count). The summed E-state index contributed by atoms with van der Waals surface area (Å²) < 4.78 is 7.67. The number of morpholine rings is 1. The van der Waals surface area contributed by atoms with Crippen LogP contribution in [0.15, 0.2) is 56.1 Å². The maximum absolute atomic E-state index is 13.8. The number of anilines is 1. The number of benzene rings is 1. The van der Waals surface area contributed by atoms with Crippen molar-refractivity contribution in [3.05, 3.63) is 65.7 Å². The number of thiophene rings is 1. The number of carbonyl (C=O) groups is 3. The highest BCUT2D eigenvalue weighted by molar-refractivity contribution is 9.10. The van der Waals surface area contributed by atoms with Crippen molar-refractivity contribution in [1.82, 2.24) is 9.47 Å². The van der Waals surface area contributed by atoms with Crippen LogP contribution in [0.3, 0.4) is 0 Å². The van der Waals surface area contributed by atoms with Gasteiger partial charge < -0.3 is 9.64 Å². The van der Waals surface area contributed by atoms with Crippen molar-refractivity contribution in [2.45, 2.75) is 22.7 Å². The Hall–Kier alpha value is -2.25. The number of fused-ring (bicyclic) bond motifs is 2. The zero-order valence-corrected chi connectivity index (χ0v) is 22.8. The summed E-state index contributed by atoms with van der Waals surface area (Å²) in [5.41, 5.74) is 0.524. The van der Waals surface area contributed by atoms with E-state index in [0.717, 1.165) is 25.6 Å². The van der Waals surface area contributed by atoms with Crippen molar-refractivity contribution < 1.29 is 19.1 Å². The zero-order valence-electron chi connectivity index (χ0n) is 18.8. The van der Waals surface area contributed by atoms with Gasteiger partial charge in [0, 0.05) is 33.2 Å². The second kappa shape index (κ2) is 9.56. The molecule has 186 valence electrons. The van der Waals surface area contributed by atoms with Crippen molar-refractivity contribution in [3.63, 3.8) is 0 Å². The van der Waals surface area contributed by atoms with Gasteiger partial charge >= 0.3 is 4.87 Å². The maximum atomic E-state index is 13.8. The van der Waals surface area contributed by atoms with Crippen molar-refractivity contribution in [1.29, 1.82) is 0 Å². The highest BCUT2D eigenvalue weighted by atomic mass is 79.9. The lowest BCUT2D eigenvalue weighted by Gasteiger charge is -2.30. The summed E-state index contributed by atoms with van der Waals surface area (Å²) in [5, 5.41) is 1.87. The summed E-state index contributed by atoms with van der Waals surface area (Å²) in [4.78, 5) is 57.9. The van der Waals surface area contributed by atoms with E-state index in [4.69, 9.17) is 4.74 Å². The minimum Gasteiger partial charge on any atom is -0.378 e. The van der Waals surface area contributed by atoms with Crippen LogP contribution in [0, 0.1) is 5.92 Å². The lowest BCUT2D eigenvalue weighted by Crippen LogP contribution is -2.43. The fourth-order valence-corrected chi connectivity index (χ4v) is 8.91. The van der Waals surface area contributed by atoms with Crippen molar-refractivity contribution in [3.8, 4) is 0 Å². The number of thiazole rings is 1. The Morgan fingerprint density at radius 1 is 1.06 bits per heavy atom. The lowest BCUT2D eigenvalue weighted by molar-refractivity contribution is -0.136. The third kappa shape index (κ3) is 3.99. The van der Waals surface area contributed by atoms with Crippen LogP contribution in [-0.2, 0) is 25.7 Å². The molecule has 0 saturated carbocycles. The fraction of sp³-hybridized carbons (Fsp3) is 0.333. The average molecular weight is 607 g/mol. The van der Waals surface area contributed by atoms with Gasteiger partial charge in [-0.3, -0.25) is 23.7 Å². The van der Waals surface area contributed by atoms with Gasteiger partial charge in [-0.1, -0.05) is 45.1 Å². The average Bonchev–Trinajstić information content (AvgIpc) is 3.58. The van der Waals surface area contributed by atoms with Crippen LogP contribution < -0.4 is 9.77 Å². The Bertz CT molecular complexity index is 1400. The topological polar surface area (TPSA) is 88.9 Å². The number of ether oxygens (including phenoxy) is 1. The molecular weight excluding hydrogens is 586 g/mol. The Morgan fingerprint density at radius 3 is 2.50 bits per heavy atom. The van der Waals surface area contributed by atoms with E-state index in [2.05, 4.69) is 15.9 Å². The second-order valence-electron chi connectivity index (χ2n) is 8.66. The van der Waals surface area contributed by atoms with E-state index >= 15 is 0 Å². The number of amides is 3. The molecule has 3 aliphatic rings. The standard InChI is InChI=1S/C24H20BrN3O5S3/c25-13-3-5-14(6-4-13)28-21(30)18-17(15-2-1-11-34-15)20-23(35-19(18)22(28)31)27(24(32)36-20)12-16(29)26-7-9-33-10-8-26/h1-6,11,17-19H,7-10,12H2. The summed E-state index contributed by atoms with van der Waals surface area (Å²) in [6, 6.07) is 10.9. The molecule has 3 aliphatic heterocycles. The van der Waals surface area contributed by atoms with Crippen LogP contribution in [0.2, 0.25) is 0 Å². The molecule has 0 aliphatic carbocycles. The van der Waals surface area contributed by atoms with E-state index < -0.39 is 17.1 Å². The molecular formula is C24H20BrN3O5S3.